The average molecular weight is 188 g/mol. The fourth-order valence-electron chi connectivity index (χ4n) is 0.976. The lowest BCUT2D eigenvalue weighted by Gasteiger charge is -2.08. The number of nitrogens with one attached hydrogen (secondary N) is 1. The Hall–Kier alpha value is -1.79. The van der Waals surface area contributed by atoms with E-state index < -0.39 is 6.04 Å². The molecule has 0 aromatic heterocycles. The number of terminal acetylenes is 1. The number of carbonyl (C=O) groups excluding carboxylic acids is 1. The van der Waals surface area contributed by atoms with Gasteiger partial charge in [0.05, 0.1) is 6.04 Å². The number of anilines is 1. The lowest BCUT2D eigenvalue weighted by Crippen LogP contribution is -2.35. The molecule has 1 atom stereocenters. The summed E-state index contributed by atoms with van der Waals surface area (Å²) in [6.07, 6.45) is 5.30. The Kier molecular flexibility index (Phi) is 3.71. The van der Waals surface area contributed by atoms with Crippen LogP contribution < -0.4 is 11.1 Å². The molecule has 3 N–H and O–H groups in total. The summed E-state index contributed by atoms with van der Waals surface area (Å²) in [6.45, 7) is 0. The minimum absolute atomic E-state index is 0.249. The first-order valence-corrected chi connectivity index (χ1v) is 4.29. The topological polar surface area (TPSA) is 55.1 Å². The van der Waals surface area contributed by atoms with E-state index in [-0.39, 0.29) is 12.3 Å². The van der Waals surface area contributed by atoms with Gasteiger partial charge in [-0.25, -0.2) is 0 Å². The zero-order valence-corrected chi connectivity index (χ0v) is 7.73. The Morgan fingerprint density at radius 2 is 2.14 bits per heavy atom. The first kappa shape index (κ1) is 10.3. The quantitative estimate of drug-likeness (QED) is 0.694. The van der Waals surface area contributed by atoms with Crippen LogP contribution in [-0.4, -0.2) is 11.9 Å². The second kappa shape index (κ2) is 5.05. The van der Waals surface area contributed by atoms with Crippen molar-refractivity contribution in [3.8, 4) is 12.3 Å². The molecule has 0 saturated heterocycles. The number of amides is 1. The molecule has 0 aliphatic carbocycles. The Morgan fingerprint density at radius 3 is 2.71 bits per heavy atom. The van der Waals surface area contributed by atoms with Crippen molar-refractivity contribution in [2.45, 2.75) is 12.5 Å². The van der Waals surface area contributed by atoms with Crippen LogP contribution in [0.4, 0.5) is 5.69 Å². The molecule has 3 heteroatoms. The van der Waals surface area contributed by atoms with Crippen LogP contribution in [0.2, 0.25) is 0 Å². The highest BCUT2D eigenvalue weighted by molar-refractivity contribution is 5.94. The molecular formula is C11H12N2O. The predicted molar refractivity (Wildman–Crippen MR) is 56.5 cm³/mol. The molecule has 3 nitrogen and oxygen atoms in total. The highest BCUT2D eigenvalue weighted by Gasteiger charge is 2.11. The van der Waals surface area contributed by atoms with E-state index in [0.717, 1.165) is 5.69 Å². The maximum Gasteiger partial charge on any atom is 0.242 e. The molecule has 0 heterocycles. The summed E-state index contributed by atoms with van der Waals surface area (Å²) in [5, 5.41) is 2.67. The molecule has 0 aliphatic heterocycles. The van der Waals surface area contributed by atoms with Crippen LogP contribution in [0.15, 0.2) is 30.3 Å². The molecule has 72 valence electrons. The molecule has 0 saturated carbocycles. The van der Waals surface area contributed by atoms with Crippen molar-refractivity contribution < 1.29 is 4.79 Å². The van der Waals surface area contributed by atoms with E-state index in [1.807, 2.05) is 18.2 Å². The third-order valence-electron chi connectivity index (χ3n) is 1.72. The molecule has 0 fully saturated rings. The first-order chi connectivity index (χ1) is 6.74. The third kappa shape index (κ3) is 2.92. The summed E-state index contributed by atoms with van der Waals surface area (Å²) in [4.78, 5) is 11.4. The van der Waals surface area contributed by atoms with Crippen LogP contribution in [0.25, 0.3) is 0 Å². The van der Waals surface area contributed by atoms with E-state index >= 15 is 0 Å². The molecule has 0 aliphatic rings. The van der Waals surface area contributed by atoms with Crippen molar-refractivity contribution >= 4 is 11.6 Å². The molecule has 0 radical (unpaired) electrons. The van der Waals surface area contributed by atoms with Gasteiger partial charge in [-0.3, -0.25) is 4.79 Å². The molecule has 1 amide bonds. The van der Waals surface area contributed by atoms with Crippen LogP contribution in [0.5, 0.6) is 0 Å². The second-order valence-electron chi connectivity index (χ2n) is 2.87. The van der Waals surface area contributed by atoms with Gasteiger partial charge in [-0.15, -0.1) is 12.3 Å². The minimum atomic E-state index is -0.639. The van der Waals surface area contributed by atoms with E-state index in [1.165, 1.54) is 0 Å². The molecule has 14 heavy (non-hydrogen) atoms. The summed E-state index contributed by atoms with van der Waals surface area (Å²) in [7, 11) is 0. The molecule has 1 aromatic rings. The zero-order chi connectivity index (χ0) is 10.4. The van der Waals surface area contributed by atoms with Gasteiger partial charge in [0.15, 0.2) is 0 Å². The Balaban J connectivity index is 2.54. The van der Waals surface area contributed by atoms with E-state index in [9.17, 15) is 4.79 Å². The van der Waals surface area contributed by atoms with Crippen LogP contribution in [0, 0.1) is 12.3 Å². The second-order valence-corrected chi connectivity index (χ2v) is 2.87. The highest BCUT2D eigenvalue weighted by atomic mass is 16.2. The third-order valence-corrected chi connectivity index (χ3v) is 1.72. The van der Waals surface area contributed by atoms with Gasteiger partial charge in [0.1, 0.15) is 0 Å². The highest BCUT2D eigenvalue weighted by Crippen LogP contribution is 2.05. The Bertz CT molecular complexity index is 340. The van der Waals surface area contributed by atoms with E-state index in [2.05, 4.69) is 11.2 Å². The Morgan fingerprint density at radius 1 is 1.50 bits per heavy atom. The largest absolute Gasteiger partial charge is 0.325 e. The normalized spacial score (nSPS) is 11.4. The summed E-state index contributed by atoms with van der Waals surface area (Å²) in [5.74, 6) is 2.09. The van der Waals surface area contributed by atoms with Gasteiger partial charge in [0.2, 0.25) is 5.91 Å². The summed E-state index contributed by atoms with van der Waals surface area (Å²) < 4.78 is 0. The molecule has 1 unspecified atom stereocenters. The smallest absolute Gasteiger partial charge is 0.242 e. The lowest BCUT2D eigenvalue weighted by atomic mass is 10.2. The van der Waals surface area contributed by atoms with Crippen LogP contribution in [0.3, 0.4) is 0 Å². The van der Waals surface area contributed by atoms with Crippen molar-refractivity contribution in [1.82, 2.24) is 0 Å². The van der Waals surface area contributed by atoms with Crippen LogP contribution in [0.1, 0.15) is 6.42 Å². The van der Waals surface area contributed by atoms with Crippen LogP contribution >= 0.6 is 0 Å². The minimum Gasteiger partial charge on any atom is -0.325 e. The van der Waals surface area contributed by atoms with Crippen molar-refractivity contribution in [2.24, 2.45) is 5.73 Å². The Labute approximate surface area is 83.3 Å². The number of rotatable bonds is 3. The first-order valence-electron chi connectivity index (χ1n) is 4.29. The van der Waals surface area contributed by atoms with Crippen LogP contribution in [-0.2, 0) is 4.79 Å². The number of carbonyl (C=O) groups is 1. The number of hydrogen-bond acceptors (Lipinski definition) is 2. The maximum absolute atomic E-state index is 11.4. The standard InChI is InChI=1S/C11H12N2O/c1-2-6-10(12)11(14)13-9-7-4-3-5-8-9/h1,3-5,7-8,10H,6,12H2,(H,13,14). The molecule has 0 bridgehead atoms. The maximum atomic E-state index is 11.4. The van der Waals surface area contributed by atoms with Crippen molar-refractivity contribution in [1.29, 1.82) is 0 Å². The summed E-state index contributed by atoms with van der Waals surface area (Å²) >= 11 is 0. The van der Waals surface area contributed by atoms with Gasteiger partial charge < -0.3 is 11.1 Å². The number of nitrogens with two attached hydrogens (primary N) is 1. The van der Waals surface area contributed by atoms with Gasteiger partial charge in [-0.05, 0) is 12.1 Å². The molecule has 1 rings (SSSR count). The van der Waals surface area contributed by atoms with E-state index in [4.69, 9.17) is 12.2 Å². The van der Waals surface area contributed by atoms with Gasteiger partial charge in [-0.1, -0.05) is 18.2 Å². The number of hydrogen-bond donors (Lipinski definition) is 2. The van der Waals surface area contributed by atoms with Gasteiger partial charge in [0, 0.05) is 12.1 Å². The van der Waals surface area contributed by atoms with Crippen molar-refractivity contribution in [3.63, 3.8) is 0 Å². The number of benzene rings is 1. The fraction of sp³-hybridized carbons (Fsp3) is 0.182. The molecular weight excluding hydrogens is 176 g/mol. The number of para-hydroxylation sites is 1. The van der Waals surface area contributed by atoms with Crippen molar-refractivity contribution in [2.75, 3.05) is 5.32 Å². The molecule has 1 aromatic carbocycles. The van der Waals surface area contributed by atoms with Gasteiger partial charge >= 0.3 is 0 Å². The summed E-state index contributed by atoms with van der Waals surface area (Å²) in [6, 6.07) is 8.49. The van der Waals surface area contributed by atoms with Gasteiger partial charge in [-0.2, -0.15) is 0 Å². The van der Waals surface area contributed by atoms with Crippen molar-refractivity contribution in [3.05, 3.63) is 30.3 Å². The van der Waals surface area contributed by atoms with E-state index in [0.29, 0.717) is 0 Å². The van der Waals surface area contributed by atoms with E-state index in [1.54, 1.807) is 12.1 Å². The zero-order valence-electron chi connectivity index (χ0n) is 7.73. The predicted octanol–water partition coefficient (Wildman–Crippen LogP) is 0.976. The lowest BCUT2D eigenvalue weighted by molar-refractivity contribution is -0.117. The summed E-state index contributed by atoms with van der Waals surface area (Å²) in [5.41, 5.74) is 6.25. The molecule has 0 spiro atoms. The SMILES string of the molecule is C#CCC(N)C(=O)Nc1ccccc1. The average Bonchev–Trinajstić information content (AvgIpc) is 2.19. The van der Waals surface area contributed by atoms with Gasteiger partial charge in [0.25, 0.3) is 0 Å². The fourth-order valence-corrected chi connectivity index (χ4v) is 0.976. The monoisotopic (exact) mass is 188 g/mol.